The van der Waals surface area contributed by atoms with E-state index in [0.717, 1.165) is 18.4 Å². The summed E-state index contributed by atoms with van der Waals surface area (Å²) in [4.78, 5) is 22.0. The molecule has 1 amide bonds. The van der Waals surface area contributed by atoms with Crippen molar-refractivity contribution in [1.29, 1.82) is 0 Å². The molecule has 4 N–H and O–H groups in total. The molecule has 0 heterocycles. The van der Waals surface area contributed by atoms with Crippen LogP contribution in [0.4, 0.5) is 5.69 Å². The van der Waals surface area contributed by atoms with Crippen molar-refractivity contribution in [2.75, 3.05) is 12.4 Å². The number of ether oxygens (including phenoxy) is 1. The van der Waals surface area contributed by atoms with E-state index in [1.54, 1.807) is 12.1 Å². The number of amides is 1. The van der Waals surface area contributed by atoms with Crippen molar-refractivity contribution in [3.05, 3.63) is 53.6 Å². The van der Waals surface area contributed by atoms with Crippen molar-refractivity contribution in [1.82, 2.24) is 0 Å². The van der Waals surface area contributed by atoms with E-state index in [2.05, 4.69) is 28.8 Å². The Morgan fingerprint density at radius 1 is 1.17 bits per heavy atom. The number of carbonyl (C=O) groups excluding carboxylic acids is 2. The number of para-hydroxylation sites is 1. The molecule has 0 saturated heterocycles. The van der Waals surface area contributed by atoms with Crippen molar-refractivity contribution in [2.45, 2.75) is 26.7 Å². The number of methoxy groups -OCH3 is 1. The third kappa shape index (κ3) is 8.17. The van der Waals surface area contributed by atoms with Gasteiger partial charge in [0.05, 0.1) is 12.7 Å². The molecule has 0 aliphatic rings. The molecule has 0 spiro atoms. The van der Waals surface area contributed by atoms with Crippen LogP contribution in [0, 0.1) is 11.8 Å². The Hall–Kier alpha value is -2.98. The Labute approximate surface area is 177 Å². The number of aromatic hydroxyl groups is 1. The van der Waals surface area contributed by atoms with E-state index < -0.39 is 20.1 Å². The molecule has 9 heteroatoms. The van der Waals surface area contributed by atoms with Crippen LogP contribution in [-0.4, -0.2) is 46.5 Å². The van der Waals surface area contributed by atoms with Crippen LogP contribution >= 0.6 is 0 Å². The fraction of sp³-hybridized carbons (Fsp3) is 0.238. The number of phenols is 1. The number of nitrogens with one attached hydrogen (secondary N) is 1. The number of benzene rings is 2. The predicted octanol–water partition coefficient (Wildman–Crippen LogP) is 1.54. The zero-order chi connectivity index (χ0) is 22.7. The third-order valence-corrected chi connectivity index (χ3v) is 5.63. The zero-order valence-corrected chi connectivity index (χ0v) is 18.8. The zero-order valence-electron chi connectivity index (χ0n) is 16.9. The summed E-state index contributed by atoms with van der Waals surface area (Å²) in [5.41, 5.74) is 1.17. The number of carbonyl (C=O) groups is 2. The fourth-order valence-corrected chi connectivity index (χ4v) is 3.76. The van der Waals surface area contributed by atoms with Crippen LogP contribution in [0.5, 0.6) is 5.75 Å². The van der Waals surface area contributed by atoms with Gasteiger partial charge in [-0.25, -0.2) is 4.79 Å². The largest absolute Gasteiger partial charge is 0.465 e. The van der Waals surface area contributed by atoms with Gasteiger partial charge in [0.25, 0.3) is 0 Å². The Balaban J connectivity index is 0.000000300. The Kier molecular flexibility index (Phi) is 9.93. The van der Waals surface area contributed by atoms with Gasteiger partial charge in [-0.2, -0.15) is 0 Å². The summed E-state index contributed by atoms with van der Waals surface area (Å²) in [5.74, 6) is 4.84. The molecule has 0 radical (unpaired) electrons. The first kappa shape index (κ1) is 25.1. The molecule has 0 aliphatic carbocycles. The van der Waals surface area contributed by atoms with E-state index >= 15 is 0 Å². The third-order valence-electron chi connectivity index (χ3n) is 3.53. The normalized spacial score (nSPS) is 10.0. The number of anilines is 1. The smallest absolute Gasteiger partial charge is 0.337 e. The van der Waals surface area contributed by atoms with Gasteiger partial charge in [-0.3, -0.25) is 0 Å². The Morgan fingerprint density at radius 3 is 2.40 bits per heavy atom. The monoisotopic (exact) mass is 477 g/mol. The van der Waals surface area contributed by atoms with Crippen molar-refractivity contribution in [3.8, 4) is 17.6 Å². The molecule has 2 aromatic carbocycles. The van der Waals surface area contributed by atoms with Crippen LogP contribution in [-0.2, 0) is 13.3 Å². The molecule has 0 unspecified atom stereocenters. The minimum Gasteiger partial charge on any atom is -0.465 e. The maximum absolute atomic E-state index is 11.2. The van der Waals surface area contributed by atoms with Crippen LogP contribution in [0.15, 0.2) is 42.5 Å². The molecule has 2 aromatic rings. The quantitative estimate of drug-likeness (QED) is 0.227. The van der Waals surface area contributed by atoms with Gasteiger partial charge >= 0.3 is 94.1 Å². The van der Waals surface area contributed by atoms with Gasteiger partial charge in [0.15, 0.2) is 0 Å². The van der Waals surface area contributed by atoms with Gasteiger partial charge in [0.2, 0.25) is 0 Å². The summed E-state index contributed by atoms with van der Waals surface area (Å²) >= 11 is -5.14. The number of hydrogen-bond donors (Lipinski definition) is 4. The molecule has 160 valence electrons. The van der Waals surface area contributed by atoms with Gasteiger partial charge in [0.1, 0.15) is 0 Å². The van der Waals surface area contributed by atoms with Gasteiger partial charge in [-0.15, -0.1) is 0 Å². The molecular formula is C21H24AsNO7. The van der Waals surface area contributed by atoms with Crippen LogP contribution < -0.4 is 9.67 Å². The molecule has 0 bridgehead atoms. The van der Waals surface area contributed by atoms with E-state index in [-0.39, 0.29) is 21.8 Å². The summed E-state index contributed by atoms with van der Waals surface area (Å²) in [6.07, 6.45) is 1.92. The summed E-state index contributed by atoms with van der Waals surface area (Å²) in [6, 6.07) is 10.9. The first-order valence-electron chi connectivity index (χ1n) is 8.93. The standard InChI is InChI=1S/C13H14O2.C8H10AsNO5/c1-3-4-5-7-11-8-6-9-12(10-11)13(14)15-2;1-5(11)10-8-6(9(13,14)15)3-2-4-7(8)12/h6,8-10H,3-4H2,1-2H3;2-4,12H,1H3,(H,10,11)(H2,13,14,15). The predicted molar refractivity (Wildman–Crippen MR) is 112 cm³/mol. The molecule has 0 atom stereocenters. The fourth-order valence-electron chi connectivity index (χ4n) is 2.21. The summed E-state index contributed by atoms with van der Waals surface area (Å²) in [5, 5.41) is 11.5. The van der Waals surface area contributed by atoms with Crippen molar-refractivity contribution >= 4 is 36.1 Å². The van der Waals surface area contributed by atoms with Gasteiger partial charge in [-0.1, -0.05) is 24.8 Å². The second-order valence-corrected chi connectivity index (χ2v) is 9.31. The van der Waals surface area contributed by atoms with Gasteiger partial charge in [-0.05, 0) is 24.6 Å². The molecule has 30 heavy (non-hydrogen) atoms. The average molecular weight is 477 g/mol. The van der Waals surface area contributed by atoms with Crippen molar-refractivity contribution in [3.63, 3.8) is 0 Å². The molecule has 0 aromatic heterocycles. The number of esters is 1. The van der Waals surface area contributed by atoms with Crippen LogP contribution in [0.25, 0.3) is 0 Å². The summed E-state index contributed by atoms with van der Waals surface area (Å²) < 4.78 is 33.4. The van der Waals surface area contributed by atoms with Gasteiger partial charge in [0, 0.05) is 12.0 Å². The van der Waals surface area contributed by atoms with E-state index in [0.29, 0.717) is 5.56 Å². The molecular weight excluding hydrogens is 453 g/mol. The molecule has 0 aliphatic heterocycles. The number of unbranched alkanes of at least 4 members (excludes halogenated alkanes) is 1. The van der Waals surface area contributed by atoms with E-state index in [1.165, 1.54) is 32.2 Å². The minimum atomic E-state index is -5.14. The van der Waals surface area contributed by atoms with E-state index in [1.807, 2.05) is 12.1 Å². The molecule has 0 saturated carbocycles. The van der Waals surface area contributed by atoms with Gasteiger partial charge < -0.3 is 4.74 Å². The first-order valence-corrected chi connectivity index (χ1v) is 12.3. The van der Waals surface area contributed by atoms with E-state index in [9.17, 15) is 18.4 Å². The van der Waals surface area contributed by atoms with E-state index in [4.69, 9.17) is 8.19 Å². The summed E-state index contributed by atoms with van der Waals surface area (Å²) in [6.45, 7) is 3.27. The molecule has 8 nitrogen and oxygen atoms in total. The van der Waals surface area contributed by atoms with Crippen LogP contribution in [0.3, 0.4) is 0 Å². The van der Waals surface area contributed by atoms with Crippen molar-refractivity contribution < 1.29 is 31.4 Å². The minimum absolute atomic E-state index is 0.225. The maximum Gasteiger partial charge on any atom is 0.337 e. The number of phenolic OH excluding ortho intramolecular Hbond substituents is 1. The number of rotatable bonds is 4. The topological polar surface area (TPSA) is 133 Å². The van der Waals surface area contributed by atoms with Crippen molar-refractivity contribution in [2.24, 2.45) is 0 Å². The van der Waals surface area contributed by atoms with Crippen LogP contribution in [0.2, 0.25) is 0 Å². The molecule has 0 fully saturated rings. The Morgan fingerprint density at radius 2 is 1.83 bits per heavy atom. The SMILES string of the molecule is CC(=O)Nc1c(O)cccc1[As](=O)(O)O.CCCC#Cc1cccc(C(=O)OC)c1. The maximum atomic E-state index is 11.2. The summed E-state index contributed by atoms with van der Waals surface area (Å²) in [7, 11) is 1.37. The number of hydrogen-bond acceptors (Lipinski definition) is 5. The average Bonchev–Trinajstić information content (AvgIpc) is 2.68. The Bertz CT molecular complexity index is 1000. The second kappa shape index (κ2) is 11.9. The molecule has 2 rings (SSSR count). The first-order chi connectivity index (χ1) is 14.1. The van der Waals surface area contributed by atoms with Crippen LogP contribution in [0.1, 0.15) is 42.6 Å². The second-order valence-electron chi connectivity index (χ2n) is 6.02.